The Bertz CT molecular complexity index is 938. The number of carbonyl (C=O) groups excluding carboxylic acids is 2. The summed E-state index contributed by atoms with van der Waals surface area (Å²) in [7, 11) is 1.54. The molecule has 1 aliphatic rings. The number of methoxy groups -OCH3 is 1. The molecule has 0 spiro atoms. The lowest BCUT2D eigenvalue weighted by atomic mass is 10.2. The molecule has 7 nitrogen and oxygen atoms in total. The summed E-state index contributed by atoms with van der Waals surface area (Å²) in [6, 6.07) is 13.6. The van der Waals surface area contributed by atoms with Crippen molar-refractivity contribution in [2.45, 2.75) is 6.42 Å². The van der Waals surface area contributed by atoms with Gasteiger partial charge in [0.25, 0.3) is 11.1 Å². The second kappa shape index (κ2) is 8.62. The van der Waals surface area contributed by atoms with Gasteiger partial charge >= 0.3 is 5.97 Å². The lowest BCUT2D eigenvalue weighted by Crippen LogP contribution is -2.27. The highest BCUT2D eigenvalue weighted by Crippen LogP contribution is 2.37. The van der Waals surface area contributed by atoms with E-state index >= 15 is 0 Å². The van der Waals surface area contributed by atoms with Gasteiger partial charge in [0, 0.05) is 5.56 Å². The average molecular weight is 399 g/mol. The number of nitrogens with zero attached hydrogens (tertiary/aromatic N) is 1. The number of carboxylic acid groups (broad SMARTS) is 1. The van der Waals surface area contributed by atoms with E-state index in [0.29, 0.717) is 22.7 Å². The van der Waals surface area contributed by atoms with Gasteiger partial charge in [0.15, 0.2) is 0 Å². The molecule has 1 saturated heterocycles. The van der Waals surface area contributed by atoms with Gasteiger partial charge in [0.05, 0.1) is 30.7 Å². The van der Waals surface area contributed by atoms with Crippen molar-refractivity contribution in [3.63, 3.8) is 0 Å². The van der Waals surface area contributed by atoms with Gasteiger partial charge in [-0.05, 0) is 48.2 Å². The monoisotopic (exact) mass is 399 g/mol. The third-order valence-corrected chi connectivity index (χ3v) is 4.77. The van der Waals surface area contributed by atoms with Crippen LogP contribution in [0.1, 0.15) is 12.0 Å². The Balaban J connectivity index is 1.82. The number of amides is 2. The zero-order chi connectivity index (χ0) is 20.1. The van der Waals surface area contributed by atoms with E-state index < -0.39 is 17.1 Å². The minimum Gasteiger partial charge on any atom is -0.497 e. The molecule has 0 aliphatic carbocycles. The number of ether oxygens (including phenoxy) is 2. The fourth-order valence-electron chi connectivity index (χ4n) is 2.54. The van der Waals surface area contributed by atoms with Crippen LogP contribution in [-0.4, -0.2) is 35.9 Å². The van der Waals surface area contributed by atoms with Crippen molar-refractivity contribution in [3.8, 4) is 11.5 Å². The topological polar surface area (TPSA) is 93.1 Å². The molecule has 1 heterocycles. The van der Waals surface area contributed by atoms with E-state index in [1.165, 1.54) is 7.11 Å². The number of carboxylic acids is 1. The molecular formula is C20H17NO6S. The van der Waals surface area contributed by atoms with Crippen molar-refractivity contribution >= 4 is 40.6 Å². The second-order valence-corrected chi connectivity index (χ2v) is 6.74. The molecular weight excluding hydrogens is 382 g/mol. The van der Waals surface area contributed by atoms with E-state index in [2.05, 4.69) is 0 Å². The van der Waals surface area contributed by atoms with Gasteiger partial charge in [0.1, 0.15) is 11.5 Å². The third-order valence-electron chi connectivity index (χ3n) is 3.90. The van der Waals surface area contributed by atoms with Crippen LogP contribution in [0.25, 0.3) is 6.08 Å². The summed E-state index contributed by atoms with van der Waals surface area (Å²) in [5.41, 5.74) is 1.05. The van der Waals surface area contributed by atoms with Gasteiger partial charge in [0.2, 0.25) is 0 Å². The molecule has 1 N–H and O–H groups in total. The van der Waals surface area contributed by atoms with E-state index in [1.54, 1.807) is 54.6 Å². The summed E-state index contributed by atoms with van der Waals surface area (Å²) in [5, 5.41) is 8.34. The van der Waals surface area contributed by atoms with Gasteiger partial charge in [-0.15, -0.1) is 0 Å². The smallest absolute Gasteiger partial charge is 0.306 e. The Hall–Kier alpha value is -3.26. The van der Waals surface area contributed by atoms with Crippen LogP contribution in [0.3, 0.4) is 0 Å². The molecule has 2 aromatic carbocycles. The number of hydrogen-bond acceptors (Lipinski definition) is 6. The Morgan fingerprint density at radius 2 is 1.86 bits per heavy atom. The van der Waals surface area contributed by atoms with Gasteiger partial charge in [-0.3, -0.25) is 14.4 Å². The maximum atomic E-state index is 12.8. The zero-order valence-electron chi connectivity index (χ0n) is 15.0. The maximum absolute atomic E-state index is 12.8. The van der Waals surface area contributed by atoms with Gasteiger partial charge in [-0.2, -0.15) is 0 Å². The second-order valence-electron chi connectivity index (χ2n) is 5.75. The van der Waals surface area contributed by atoms with E-state index in [9.17, 15) is 14.4 Å². The van der Waals surface area contributed by atoms with Crippen LogP contribution in [0.15, 0.2) is 53.4 Å². The molecule has 3 rings (SSSR count). The standard InChI is InChI=1S/C20H17NO6S/c1-26-15-8-6-14(7-9-15)21-19(24)17(28-20(21)25)12-13-4-2-3-5-16(13)27-11-10-18(22)23/h2-9,12H,10-11H2,1H3,(H,22,23)/b17-12+. The number of rotatable bonds is 7. The highest BCUT2D eigenvalue weighted by atomic mass is 32.2. The number of para-hydroxylation sites is 1. The first-order valence-electron chi connectivity index (χ1n) is 8.35. The van der Waals surface area contributed by atoms with Crippen molar-refractivity contribution in [3.05, 3.63) is 59.0 Å². The van der Waals surface area contributed by atoms with Crippen molar-refractivity contribution in [2.24, 2.45) is 0 Å². The van der Waals surface area contributed by atoms with Gasteiger partial charge in [-0.1, -0.05) is 18.2 Å². The Morgan fingerprint density at radius 1 is 1.14 bits per heavy atom. The van der Waals surface area contributed by atoms with Crippen LogP contribution < -0.4 is 14.4 Å². The quantitative estimate of drug-likeness (QED) is 0.708. The number of imide groups is 1. The first-order valence-corrected chi connectivity index (χ1v) is 9.17. The molecule has 144 valence electrons. The molecule has 8 heteroatoms. The highest BCUT2D eigenvalue weighted by molar-refractivity contribution is 8.19. The van der Waals surface area contributed by atoms with Crippen LogP contribution in [0, 0.1) is 0 Å². The maximum Gasteiger partial charge on any atom is 0.306 e. The summed E-state index contributed by atoms with van der Waals surface area (Å²) in [5.74, 6) is -0.322. The van der Waals surface area contributed by atoms with E-state index in [0.717, 1.165) is 16.7 Å². The van der Waals surface area contributed by atoms with Crippen LogP contribution in [-0.2, 0) is 9.59 Å². The van der Waals surface area contributed by atoms with Crippen LogP contribution >= 0.6 is 11.8 Å². The van der Waals surface area contributed by atoms with Crippen molar-refractivity contribution < 1.29 is 29.0 Å². The number of carbonyl (C=O) groups is 3. The number of anilines is 1. The molecule has 0 bridgehead atoms. The third kappa shape index (κ3) is 4.34. The molecule has 2 aromatic rings. The minimum atomic E-state index is -0.960. The molecule has 0 radical (unpaired) electrons. The SMILES string of the molecule is COc1ccc(N2C(=O)S/C(=C/c3ccccc3OCCC(=O)O)C2=O)cc1. The molecule has 28 heavy (non-hydrogen) atoms. The summed E-state index contributed by atoms with van der Waals surface area (Å²) < 4.78 is 10.6. The van der Waals surface area contributed by atoms with Crippen LogP contribution in [0.4, 0.5) is 10.5 Å². The zero-order valence-corrected chi connectivity index (χ0v) is 15.8. The number of hydrogen-bond donors (Lipinski definition) is 1. The summed E-state index contributed by atoms with van der Waals surface area (Å²) >= 11 is 0.836. The molecule has 0 aromatic heterocycles. The fraction of sp³-hybridized carbons (Fsp3) is 0.150. The Morgan fingerprint density at radius 3 is 2.54 bits per heavy atom. The van der Waals surface area contributed by atoms with E-state index in [4.69, 9.17) is 14.6 Å². The van der Waals surface area contributed by atoms with Crippen molar-refractivity contribution in [1.29, 1.82) is 0 Å². The normalized spacial score (nSPS) is 15.2. The van der Waals surface area contributed by atoms with E-state index in [1.807, 2.05) is 0 Å². The lowest BCUT2D eigenvalue weighted by molar-refractivity contribution is -0.137. The lowest BCUT2D eigenvalue weighted by Gasteiger charge is -2.13. The summed E-state index contributed by atoms with van der Waals surface area (Å²) in [6.07, 6.45) is 1.44. The predicted molar refractivity (Wildman–Crippen MR) is 106 cm³/mol. The summed E-state index contributed by atoms with van der Waals surface area (Å²) in [4.78, 5) is 37.1. The predicted octanol–water partition coefficient (Wildman–Crippen LogP) is 3.79. The number of benzene rings is 2. The van der Waals surface area contributed by atoms with Crippen LogP contribution in [0.5, 0.6) is 11.5 Å². The van der Waals surface area contributed by atoms with Crippen LogP contribution in [0.2, 0.25) is 0 Å². The first-order chi connectivity index (χ1) is 13.5. The highest BCUT2D eigenvalue weighted by Gasteiger charge is 2.36. The molecule has 0 atom stereocenters. The minimum absolute atomic E-state index is 0.00745. The van der Waals surface area contributed by atoms with Crippen molar-refractivity contribution in [2.75, 3.05) is 18.6 Å². The largest absolute Gasteiger partial charge is 0.497 e. The molecule has 0 unspecified atom stereocenters. The van der Waals surface area contributed by atoms with Gasteiger partial charge in [-0.25, -0.2) is 4.90 Å². The number of thioether (sulfide) groups is 1. The average Bonchev–Trinajstić information content (AvgIpc) is 2.96. The molecule has 1 fully saturated rings. The fourth-order valence-corrected chi connectivity index (χ4v) is 3.37. The Kier molecular flexibility index (Phi) is 6.00. The van der Waals surface area contributed by atoms with Crippen molar-refractivity contribution in [1.82, 2.24) is 0 Å². The molecule has 2 amide bonds. The number of aliphatic carboxylic acids is 1. The first kappa shape index (κ1) is 19.5. The Labute approximate surface area is 165 Å². The van der Waals surface area contributed by atoms with Gasteiger partial charge < -0.3 is 14.6 Å². The van der Waals surface area contributed by atoms with E-state index in [-0.39, 0.29) is 17.9 Å². The summed E-state index contributed by atoms with van der Waals surface area (Å²) in [6.45, 7) is 0.00745. The molecule has 1 aliphatic heterocycles. The molecule has 0 saturated carbocycles.